The molecule has 0 fully saturated rings. The molecule has 8 heteroatoms. The van der Waals surface area contributed by atoms with Crippen molar-refractivity contribution in [1.82, 2.24) is 5.16 Å². The summed E-state index contributed by atoms with van der Waals surface area (Å²) in [7, 11) is 0. The number of anilines is 1. The molecule has 0 bridgehead atoms. The van der Waals surface area contributed by atoms with Crippen molar-refractivity contribution >= 4 is 23.4 Å². The van der Waals surface area contributed by atoms with Crippen molar-refractivity contribution in [3.63, 3.8) is 0 Å². The normalized spacial score (nSPS) is 10.8. The van der Waals surface area contributed by atoms with Crippen LogP contribution in [0.3, 0.4) is 0 Å². The Bertz CT molecular complexity index is 684. The highest BCUT2D eigenvalue weighted by Gasteiger charge is 2.15. The zero-order valence-corrected chi connectivity index (χ0v) is 12.7. The lowest BCUT2D eigenvalue weighted by Crippen LogP contribution is -2.16. The van der Waals surface area contributed by atoms with E-state index < -0.39 is 23.4 Å². The summed E-state index contributed by atoms with van der Waals surface area (Å²) in [4.78, 5) is 11.7. The Hall–Kier alpha value is -1.96. The number of carbonyl (C=O) groups is 1. The summed E-state index contributed by atoms with van der Waals surface area (Å²) in [5, 5.41) is 6.00. The van der Waals surface area contributed by atoms with E-state index in [4.69, 9.17) is 4.52 Å². The average molecular weight is 330 g/mol. The largest absolute Gasteiger partial charge is 0.361 e. The number of benzene rings is 1. The van der Waals surface area contributed by atoms with Gasteiger partial charge in [0.1, 0.15) is 5.76 Å². The van der Waals surface area contributed by atoms with E-state index in [-0.39, 0.29) is 11.4 Å². The number of nitrogens with one attached hydrogen (secondary N) is 1. The maximum atomic E-state index is 13.4. The molecule has 0 atom stereocenters. The SMILES string of the molecule is Cc1noc(C)c1CSCC(=O)Nc1ccc(F)c(F)c1F. The number of halogens is 3. The molecule has 22 heavy (non-hydrogen) atoms. The highest BCUT2D eigenvalue weighted by molar-refractivity contribution is 7.99. The fourth-order valence-corrected chi connectivity index (χ4v) is 2.74. The van der Waals surface area contributed by atoms with Gasteiger partial charge in [0.15, 0.2) is 17.5 Å². The minimum Gasteiger partial charge on any atom is -0.361 e. The van der Waals surface area contributed by atoms with Gasteiger partial charge in [-0.3, -0.25) is 4.79 Å². The Labute approximate surface area is 129 Å². The van der Waals surface area contributed by atoms with E-state index in [9.17, 15) is 18.0 Å². The van der Waals surface area contributed by atoms with Crippen molar-refractivity contribution in [1.29, 1.82) is 0 Å². The van der Waals surface area contributed by atoms with Crippen LogP contribution < -0.4 is 5.32 Å². The third kappa shape index (κ3) is 3.62. The first-order valence-corrected chi connectivity index (χ1v) is 7.48. The summed E-state index contributed by atoms with van der Waals surface area (Å²) >= 11 is 1.28. The van der Waals surface area contributed by atoms with Gasteiger partial charge in [-0.2, -0.15) is 0 Å². The minimum absolute atomic E-state index is 0.0303. The van der Waals surface area contributed by atoms with Crippen molar-refractivity contribution in [2.75, 3.05) is 11.1 Å². The van der Waals surface area contributed by atoms with Gasteiger partial charge in [0.25, 0.3) is 0 Å². The van der Waals surface area contributed by atoms with Crippen LogP contribution in [-0.2, 0) is 10.5 Å². The quantitative estimate of drug-likeness (QED) is 0.852. The molecule has 1 aromatic carbocycles. The molecule has 2 rings (SSSR count). The van der Waals surface area contributed by atoms with Crippen molar-refractivity contribution in [2.24, 2.45) is 0 Å². The predicted octanol–water partition coefficient (Wildman–Crippen LogP) is 3.58. The van der Waals surface area contributed by atoms with E-state index >= 15 is 0 Å². The maximum absolute atomic E-state index is 13.4. The fraction of sp³-hybridized carbons (Fsp3) is 0.286. The number of nitrogens with zero attached hydrogens (tertiary/aromatic N) is 1. The topological polar surface area (TPSA) is 55.1 Å². The van der Waals surface area contributed by atoms with Crippen LogP contribution in [0.1, 0.15) is 17.0 Å². The van der Waals surface area contributed by atoms with E-state index in [1.165, 1.54) is 11.8 Å². The first kappa shape index (κ1) is 16.4. The number of aryl methyl sites for hydroxylation is 2. The monoisotopic (exact) mass is 330 g/mol. The van der Waals surface area contributed by atoms with Crippen molar-refractivity contribution in [3.8, 4) is 0 Å². The van der Waals surface area contributed by atoms with Gasteiger partial charge in [-0.05, 0) is 26.0 Å². The second kappa shape index (κ2) is 6.87. The molecule has 0 saturated carbocycles. The first-order valence-electron chi connectivity index (χ1n) is 6.33. The van der Waals surface area contributed by atoms with Gasteiger partial charge < -0.3 is 9.84 Å². The third-order valence-electron chi connectivity index (χ3n) is 2.97. The fourth-order valence-electron chi connectivity index (χ4n) is 1.76. The van der Waals surface area contributed by atoms with E-state index in [1.807, 2.05) is 0 Å². The number of carbonyl (C=O) groups excluding carboxylic acids is 1. The molecule has 1 heterocycles. The molecule has 1 amide bonds. The molecule has 0 unspecified atom stereocenters. The van der Waals surface area contributed by atoms with E-state index in [1.54, 1.807) is 13.8 Å². The highest BCUT2D eigenvalue weighted by Crippen LogP contribution is 2.21. The zero-order valence-electron chi connectivity index (χ0n) is 11.9. The van der Waals surface area contributed by atoms with Gasteiger partial charge in [0.05, 0.1) is 17.1 Å². The summed E-state index contributed by atoms with van der Waals surface area (Å²) in [6.45, 7) is 3.57. The van der Waals surface area contributed by atoms with Crippen molar-refractivity contribution < 1.29 is 22.5 Å². The van der Waals surface area contributed by atoms with Gasteiger partial charge in [-0.1, -0.05) is 5.16 Å². The molecule has 0 aliphatic rings. The molecule has 118 valence electrons. The lowest BCUT2D eigenvalue weighted by atomic mass is 10.2. The molecule has 0 aliphatic heterocycles. The van der Waals surface area contributed by atoms with E-state index in [0.29, 0.717) is 11.5 Å². The summed E-state index contributed by atoms with van der Waals surface area (Å²) in [5.41, 5.74) is 1.26. The number of hydrogen-bond acceptors (Lipinski definition) is 4. The van der Waals surface area contributed by atoms with E-state index in [2.05, 4.69) is 10.5 Å². The average Bonchev–Trinajstić information content (AvgIpc) is 2.80. The minimum atomic E-state index is -1.61. The number of rotatable bonds is 5. The number of hydrogen-bond donors (Lipinski definition) is 1. The standard InChI is InChI=1S/C14H13F3N2O2S/c1-7-9(8(2)21-19-7)5-22-6-12(20)18-11-4-3-10(15)13(16)14(11)17/h3-4H,5-6H2,1-2H3,(H,18,20). The van der Waals surface area contributed by atoms with Crippen LogP contribution in [0.5, 0.6) is 0 Å². The van der Waals surface area contributed by atoms with Crippen LogP contribution in [0.2, 0.25) is 0 Å². The van der Waals surface area contributed by atoms with Crippen LogP contribution in [0.25, 0.3) is 0 Å². The van der Waals surface area contributed by atoms with E-state index in [0.717, 1.165) is 23.4 Å². The van der Waals surface area contributed by atoms with Gasteiger partial charge in [0.2, 0.25) is 5.91 Å². The predicted molar refractivity (Wildman–Crippen MR) is 77.1 cm³/mol. The van der Waals surface area contributed by atoms with Gasteiger partial charge in [0, 0.05) is 11.3 Å². The number of aromatic nitrogens is 1. The zero-order chi connectivity index (χ0) is 16.3. The molecule has 4 nitrogen and oxygen atoms in total. The number of amides is 1. The Kier molecular flexibility index (Phi) is 5.12. The second-order valence-corrected chi connectivity index (χ2v) is 5.55. The van der Waals surface area contributed by atoms with Crippen LogP contribution in [0.15, 0.2) is 16.7 Å². The Morgan fingerprint density at radius 1 is 1.27 bits per heavy atom. The smallest absolute Gasteiger partial charge is 0.234 e. The molecule has 1 aromatic heterocycles. The van der Waals surface area contributed by atoms with Gasteiger partial charge in [-0.25, -0.2) is 13.2 Å². The van der Waals surface area contributed by atoms with Crippen molar-refractivity contribution in [2.45, 2.75) is 19.6 Å². The lowest BCUT2D eigenvalue weighted by molar-refractivity contribution is -0.113. The molecule has 0 saturated heterocycles. The Morgan fingerprint density at radius 2 is 2.00 bits per heavy atom. The molecule has 1 N–H and O–H groups in total. The van der Waals surface area contributed by atoms with Crippen LogP contribution in [0, 0.1) is 31.3 Å². The molecule has 2 aromatic rings. The van der Waals surface area contributed by atoms with Crippen LogP contribution in [0.4, 0.5) is 18.9 Å². The molecule has 0 aliphatic carbocycles. The maximum Gasteiger partial charge on any atom is 0.234 e. The van der Waals surface area contributed by atoms with Gasteiger partial charge in [-0.15, -0.1) is 11.8 Å². The van der Waals surface area contributed by atoms with Crippen molar-refractivity contribution in [3.05, 3.63) is 46.6 Å². The Morgan fingerprint density at radius 3 is 2.64 bits per heavy atom. The summed E-state index contributed by atoms with van der Waals surface area (Å²) < 4.78 is 44.2. The molecular formula is C14H13F3N2O2S. The summed E-state index contributed by atoms with van der Waals surface area (Å²) in [5.74, 6) is -3.62. The van der Waals surface area contributed by atoms with Crippen LogP contribution >= 0.6 is 11.8 Å². The second-order valence-electron chi connectivity index (χ2n) is 4.57. The summed E-state index contributed by atoms with van der Waals surface area (Å²) in [6.07, 6.45) is 0. The lowest BCUT2D eigenvalue weighted by Gasteiger charge is -2.07. The Balaban J connectivity index is 1.90. The van der Waals surface area contributed by atoms with Gasteiger partial charge >= 0.3 is 0 Å². The molecule has 0 spiro atoms. The first-order chi connectivity index (χ1) is 10.4. The summed E-state index contributed by atoms with van der Waals surface area (Å²) in [6, 6.07) is 1.73. The number of thioether (sulfide) groups is 1. The third-order valence-corrected chi connectivity index (χ3v) is 3.93. The van der Waals surface area contributed by atoms with Crippen LogP contribution in [-0.4, -0.2) is 16.8 Å². The highest BCUT2D eigenvalue weighted by atomic mass is 32.2. The molecular weight excluding hydrogens is 317 g/mol. The molecule has 0 radical (unpaired) electrons.